The summed E-state index contributed by atoms with van der Waals surface area (Å²) in [6.07, 6.45) is 9.87. The summed E-state index contributed by atoms with van der Waals surface area (Å²) in [5, 5.41) is 0. The predicted molar refractivity (Wildman–Crippen MR) is 112 cm³/mol. The SMILES string of the molecule is COC(=O)CC[C@]1(C)C2=CCCC[C@]2(C#C[Si](C)(C)C)CC[C@H]1C(C)C. The molecule has 0 aliphatic heterocycles. The average Bonchev–Trinajstić information content (AvgIpc) is 2.57. The van der Waals surface area contributed by atoms with Crippen LogP contribution in [0.5, 0.6) is 0 Å². The van der Waals surface area contributed by atoms with Crippen LogP contribution in [0.1, 0.15) is 65.7 Å². The van der Waals surface area contributed by atoms with Crippen LogP contribution < -0.4 is 0 Å². The van der Waals surface area contributed by atoms with Crippen molar-refractivity contribution in [2.45, 2.75) is 85.4 Å². The molecular weight excluding hydrogens is 336 g/mol. The molecule has 146 valence electrons. The average molecular weight is 375 g/mol. The van der Waals surface area contributed by atoms with Crippen molar-refractivity contribution < 1.29 is 9.53 Å². The zero-order chi connectivity index (χ0) is 19.6. The molecule has 26 heavy (non-hydrogen) atoms. The van der Waals surface area contributed by atoms with Crippen LogP contribution in [0.15, 0.2) is 11.6 Å². The van der Waals surface area contributed by atoms with Crippen LogP contribution in [0.2, 0.25) is 19.6 Å². The largest absolute Gasteiger partial charge is 0.469 e. The molecule has 3 atom stereocenters. The fraction of sp³-hybridized carbons (Fsp3) is 0.783. The molecule has 1 fully saturated rings. The Morgan fingerprint density at radius 1 is 1.35 bits per heavy atom. The molecule has 0 bridgehead atoms. The van der Waals surface area contributed by atoms with Gasteiger partial charge in [0.25, 0.3) is 0 Å². The summed E-state index contributed by atoms with van der Waals surface area (Å²) >= 11 is 0. The highest BCUT2D eigenvalue weighted by Crippen LogP contribution is 2.60. The molecule has 2 aliphatic rings. The molecular formula is C23H38O2Si. The molecule has 3 heteroatoms. The van der Waals surface area contributed by atoms with E-state index in [0.29, 0.717) is 18.3 Å². The molecule has 0 N–H and O–H groups in total. The number of rotatable bonds is 4. The number of hydrogen-bond acceptors (Lipinski definition) is 2. The maximum Gasteiger partial charge on any atom is 0.305 e. The molecule has 2 rings (SSSR count). The molecule has 0 spiro atoms. The van der Waals surface area contributed by atoms with Gasteiger partial charge in [0, 0.05) is 6.42 Å². The summed E-state index contributed by atoms with van der Waals surface area (Å²) < 4.78 is 4.95. The van der Waals surface area contributed by atoms with E-state index in [1.807, 2.05) is 0 Å². The number of allylic oxidation sites excluding steroid dienone is 2. The minimum absolute atomic E-state index is 0.0504. The van der Waals surface area contributed by atoms with Crippen LogP contribution in [0, 0.1) is 34.1 Å². The van der Waals surface area contributed by atoms with Crippen molar-refractivity contribution in [2.24, 2.45) is 22.7 Å². The number of esters is 1. The van der Waals surface area contributed by atoms with E-state index in [0.717, 1.165) is 12.8 Å². The fourth-order valence-corrected chi connectivity index (χ4v) is 5.91. The predicted octanol–water partition coefficient (Wildman–Crippen LogP) is 5.99. The Balaban J connectivity index is 2.47. The smallest absolute Gasteiger partial charge is 0.305 e. The van der Waals surface area contributed by atoms with E-state index in [1.54, 1.807) is 5.57 Å². The lowest BCUT2D eigenvalue weighted by atomic mass is 9.49. The van der Waals surface area contributed by atoms with Gasteiger partial charge in [-0.2, -0.15) is 0 Å². The molecule has 0 heterocycles. The van der Waals surface area contributed by atoms with E-state index in [9.17, 15) is 4.79 Å². The van der Waals surface area contributed by atoms with E-state index in [2.05, 4.69) is 58.0 Å². The van der Waals surface area contributed by atoms with E-state index in [-0.39, 0.29) is 16.8 Å². The first kappa shape index (κ1) is 21.3. The van der Waals surface area contributed by atoms with Crippen LogP contribution in [0.25, 0.3) is 0 Å². The molecule has 0 aromatic rings. The van der Waals surface area contributed by atoms with Gasteiger partial charge in [0.2, 0.25) is 0 Å². The number of hydrogen-bond donors (Lipinski definition) is 0. The van der Waals surface area contributed by atoms with Gasteiger partial charge in [-0.15, -0.1) is 5.54 Å². The minimum atomic E-state index is -1.41. The third-order valence-corrected chi connectivity index (χ3v) is 7.42. The molecule has 0 amide bonds. The molecule has 0 radical (unpaired) electrons. The van der Waals surface area contributed by atoms with Crippen molar-refractivity contribution in [3.8, 4) is 11.5 Å². The van der Waals surface area contributed by atoms with Gasteiger partial charge in [-0.05, 0) is 61.3 Å². The highest BCUT2D eigenvalue weighted by atomic mass is 28.3. The monoisotopic (exact) mass is 374 g/mol. The first-order valence-electron chi connectivity index (χ1n) is 10.4. The van der Waals surface area contributed by atoms with Gasteiger partial charge < -0.3 is 4.74 Å². The molecule has 0 aromatic heterocycles. The Labute approximate surface area is 162 Å². The van der Waals surface area contributed by atoms with Gasteiger partial charge in [-0.1, -0.05) is 52.4 Å². The third kappa shape index (κ3) is 4.45. The fourth-order valence-electron chi connectivity index (χ4n) is 5.29. The van der Waals surface area contributed by atoms with Gasteiger partial charge in [-0.25, -0.2) is 0 Å². The number of fused-ring (bicyclic) bond motifs is 1. The molecule has 2 aliphatic carbocycles. The van der Waals surface area contributed by atoms with Crippen LogP contribution in [-0.2, 0) is 9.53 Å². The summed E-state index contributed by atoms with van der Waals surface area (Å²) in [6, 6.07) is 0. The summed E-state index contributed by atoms with van der Waals surface area (Å²) in [4.78, 5) is 11.9. The maximum atomic E-state index is 11.9. The van der Waals surface area contributed by atoms with E-state index in [4.69, 9.17) is 4.74 Å². The Kier molecular flexibility index (Phi) is 6.49. The van der Waals surface area contributed by atoms with Gasteiger partial charge >= 0.3 is 5.97 Å². The van der Waals surface area contributed by atoms with Gasteiger partial charge in [-0.3, -0.25) is 4.79 Å². The maximum absolute atomic E-state index is 11.9. The second-order valence-corrected chi connectivity index (χ2v) is 14.7. The first-order valence-corrected chi connectivity index (χ1v) is 13.9. The summed E-state index contributed by atoms with van der Waals surface area (Å²) in [6.45, 7) is 14.1. The number of ether oxygens (including phenoxy) is 1. The van der Waals surface area contributed by atoms with E-state index < -0.39 is 8.07 Å². The number of carbonyl (C=O) groups excluding carboxylic acids is 1. The minimum Gasteiger partial charge on any atom is -0.469 e. The van der Waals surface area contributed by atoms with Gasteiger partial charge in [0.15, 0.2) is 0 Å². The highest BCUT2D eigenvalue weighted by molar-refractivity contribution is 6.83. The first-order chi connectivity index (χ1) is 12.0. The Morgan fingerprint density at radius 2 is 2.04 bits per heavy atom. The van der Waals surface area contributed by atoms with Crippen LogP contribution in [0.4, 0.5) is 0 Å². The number of methoxy groups -OCH3 is 1. The highest BCUT2D eigenvalue weighted by Gasteiger charge is 2.52. The van der Waals surface area contributed by atoms with Crippen molar-refractivity contribution in [1.82, 2.24) is 0 Å². The lowest BCUT2D eigenvalue weighted by Gasteiger charge is -2.54. The summed E-state index contributed by atoms with van der Waals surface area (Å²) in [5.74, 6) is 4.96. The second kappa shape index (κ2) is 7.93. The Hall–Kier alpha value is -1.01. The second-order valence-electron chi connectivity index (χ2n) is 9.97. The van der Waals surface area contributed by atoms with Crippen LogP contribution in [-0.4, -0.2) is 21.2 Å². The van der Waals surface area contributed by atoms with Crippen molar-refractivity contribution in [1.29, 1.82) is 0 Å². The standard InChI is InChI=1S/C23H38O2Si/c1-18(2)19-11-15-23(16-17-26(5,6)7)13-9-8-10-20(23)22(19,3)14-12-21(24)25-4/h10,18-19H,8-9,11-15H2,1-7H3/t19-,22-,23+/m0/s1. The van der Waals surface area contributed by atoms with Crippen LogP contribution in [0.3, 0.4) is 0 Å². The van der Waals surface area contributed by atoms with Crippen molar-refractivity contribution in [3.63, 3.8) is 0 Å². The molecule has 2 nitrogen and oxygen atoms in total. The zero-order valence-electron chi connectivity index (χ0n) is 18.0. The summed E-state index contributed by atoms with van der Waals surface area (Å²) in [5.41, 5.74) is 5.35. The quantitative estimate of drug-likeness (QED) is 0.261. The Bertz CT molecular complexity index is 616. The molecule has 0 aromatic carbocycles. The van der Waals surface area contributed by atoms with Crippen molar-refractivity contribution >= 4 is 14.0 Å². The number of carbonyl (C=O) groups is 1. The topological polar surface area (TPSA) is 26.3 Å². The lowest BCUT2D eigenvalue weighted by molar-refractivity contribution is -0.141. The van der Waals surface area contributed by atoms with Crippen LogP contribution >= 0.6 is 0 Å². The summed E-state index contributed by atoms with van der Waals surface area (Å²) in [7, 11) is 0.0826. The van der Waals surface area contributed by atoms with Gasteiger partial charge in [0.05, 0.1) is 12.5 Å². The molecule has 0 unspecified atom stereocenters. The van der Waals surface area contributed by atoms with E-state index in [1.165, 1.54) is 32.8 Å². The Morgan fingerprint density at radius 3 is 2.62 bits per heavy atom. The molecule has 1 saturated carbocycles. The van der Waals surface area contributed by atoms with Crippen molar-refractivity contribution in [2.75, 3.05) is 7.11 Å². The molecule has 0 saturated heterocycles. The third-order valence-electron chi connectivity index (χ3n) is 6.55. The van der Waals surface area contributed by atoms with E-state index >= 15 is 0 Å². The lowest BCUT2D eigenvalue weighted by Crippen LogP contribution is -2.46. The van der Waals surface area contributed by atoms with Gasteiger partial charge in [0.1, 0.15) is 8.07 Å². The normalized spacial score (nSPS) is 31.5. The zero-order valence-corrected chi connectivity index (χ0v) is 19.0. The van der Waals surface area contributed by atoms with Crippen molar-refractivity contribution in [3.05, 3.63) is 11.6 Å².